The van der Waals surface area contributed by atoms with Gasteiger partial charge in [0, 0.05) is 24.6 Å². The van der Waals surface area contributed by atoms with E-state index >= 15 is 0 Å². The second-order valence-corrected chi connectivity index (χ2v) is 5.58. The third kappa shape index (κ3) is 3.22. The number of ether oxygens (including phenoxy) is 1. The van der Waals surface area contributed by atoms with Gasteiger partial charge in [0.1, 0.15) is 34.3 Å². The molecule has 0 saturated heterocycles. The molecule has 0 fully saturated rings. The van der Waals surface area contributed by atoms with E-state index in [4.69, 9.17) is 9.15 Å². The van der Waals surface area contributed by atoms with Gasteiger partial charge in [0.25, 0.3) is 0 Å². The van der Waals surface area contributed by atoms with Crippen LogP contribution in [-0.4, -0.2) is 27.5 Å². The molecule has 0 amide bonds. The average molecular weight is 344 g/mol. The number of aliphatic hydroxyl groups is 1. The van der Waals surface area contributed by atoms with Gasteiger partial charge in [-0.15, -0.1) is 0 Å². The van der Waals surface area contributed by atoms with Crippen molar-refractivity contribution in [1.82, 2.24) is 0 Å². The molecule has 25 heavy (non-hydrogen) atoms. The summed E-state index contributed by atoms with van der Waals surface area (Å²) in [5.74, 6) is -0.422. The van der Waals surface area contributed by atoms with Crippen molar-refractivity contribution in [3.8, 4) is 23.0 Å². The number of hydrogen-bond acceptors (Lipinski definition) is 7. The van der Waals surface area contributed by atoms with Gasteiger partial charge >= 0.3 is 0 Å². The fourth-order valence-corrected chi connectivity index (χ4v) is 2.61. The molecule has 0 saturated carbocycles. The molecule has 0 aliphatic rings. The average Bonchev–Trinajstić information content (AvgIpc) is 2.55. The third-order valence-electron chi connectivity index (χ3n) is 3.82. The number of phenolic OH excluding ortho intramolecular Hbond substituents is 3. The largest absolute Gasteiger partial charge is 0.508 e. The molecule has 3 rings (SSSR count). The number of aromatic hydroxyl groups is 3. The minimum atomic E-state index is -1.14. The first-order valence-corrected chi connectivity index (χ1v) is 7.42. The van der Waals surface area contributed by atoms with Crippen LogP contribution in [0, 0.1) is 0 Å². The maximum Gasteiger partial charge on any atom is 0.196 e. The van der Waals surface area contributed by atoms with Crippen LogP contribution in [0.3, 0.4) is 0 Å². The maximum absolute atomic E-state index is 12.2. The van der Waals surface area contributed by atoms with E-state index in [9.17, 15) is 25.2 Å². The highest BCUT2D eigenvalue weighted by molar-refractivity contribution is 5.84. The number of rotatable bonds is 4. The fourth-order valence-electron chi connectivity index (χ4n) is 2.61. The topological polar surface area (TPSA) is 120 Å². The normalized spacial score (nSPS) is 12.2. The Kier molecular flexibility index (Phi) is 4.24. The van der Waals surface area contributed by atoms with Crippen LogP contribution in [0.1, 0.15) is 17.4 Å². The van der Waals surface area contributed by atoms with Gasteiger partial charge in [-0.3, -0.25) is 4.79 Å². The van der Waals surface area contributed by atoms with E-state index < -0.39 is 17.3 Å². The minimum Gasteiger partial charge on any atom is -0.508 e. The van der Waals surface area contributed by atoms with Gasteiger partial charge in [-0.2, -0.15) is 0 Å². The SMILES string of the molecule is COc1cc(C[C@@H](O)c2cc(=O)c3c(O)cc(O)cc3o2)ccc1O. The van der Waals surface area contributed by atoms with Gasteiger partial charge in [-0.1, -0.05) is 6.07 Å². The zero-order valence-corrected chi connectivity index (χ0v) is 13.3. The van der Waals surface area contributed by atoms with Gasteiger partial charge in [-0.25, -0.2) is 0 Å². The Bertz CT molecular complexity index is 991. The molecule has 0 aliphatic carbocycles. The summed E-state index contributed by atoms with van der Waals surface area (Å²) < 4.78 is 10.5. The summed E-state index contributed by atoms with van der Waals surface area (Å²) in [6.45, 7) is 0. The molecule has 130 valence electrons. The first-order chi connectivity index (χ1) is 11.9. The molecule has 0 radical (unpaired) electrons. The number of hydrogen-bond donors (Lipinski definition) is 4. The lowest BCUT2D eigenvalue weighted by atomic mass is 10.0. The molecule has 2 aromatic carbocycles. The van der Waals surface area contributed by atoms with E-state index in [0.717, 1.165) is 12.1 Å². The number of methoxy groups -OCH3 is 1. The van der Waals surface area contributed by atoms with Crippen molar-refractivity contribution in [2.75, 3.05) is 7.11 Å². The molecule has 1 heterocycles. The van der Waals surface area contributed by atoms with Crippen LogP contribution in [0.15, 0.2) is 45.6 Å². The molecule has 0 spiro atoms. The van der Waals surface area contributed by atoms with E-state index in [1.54, 1.807) is 12.1 Å². The van der Waals surface area contributed by atoms with Gasteiger partial charge in [-0.05, 0) is 17.7 Å². The summed E-state index contributed by atoms with van der Waals surface area (Å²) >= 11 is 0. The number of benzene rings is 2. The van der Waals surface area contributed by atoms with E-state index in [1.807, 2.05) is 0 Å². The van der Waals surface area contributed by atoms with Crippen LogP contribution in [0.4, 0.5) is 0 Å². The van der Waals surface area contributed by atoms with Crippen LogP contribution in [0.2, 0.25) is 0 Å². The number of phenols is 3. The van der Waals surface area contributed by atoms with Crippen LogP contribution in [-0.2, 0) is 6.42 Å². The smallest absolute Gasteiger partial charge is 0.196 e. The van der Waals surface area contributed by atoms with Gasteiger partial charge in [0.15, 0.2) is 16.9 Å². The predicted octanol–water partition coefficient (Wildman–Crippen LogP) is 2.19. The van der Waals surface area contributed by atoms with Crippen LogP contribution < -0.4 is 10.2 Å². The lowest BCUT2D eigenvalue weighted by molar-refractivity contribution is 0.151. The summed E-state index contributed by atoms with van der Waals surface area (Å²) in [4.78, 5) is 12.2. The van der Waals surface area contributed by atoms with Crippen molar-refractivity contribution in [3.05, 3.63) is 57.9 Å². The van der Waals surface area contributed by atoms with Crippen molar-refractivity contribution < 1.29 is 29.6 Å². The van der Waals surface area contributed by atoms with Gasteiger partial charge < -0.3 is 29.6 Å². The quantitative estimate of drug-likeness (QED) is 0.572. The Hall–Kier alpha value is -3.19. The van der Waals surface area contributed by atoms with E-state index in [2.05, 4.69) is 0 Å². The molecular formula is C18H16O7. The number of fused-ring (bicyclic) bond motifs is 1. The standard InChI is InChI=1S/C18H16O7/c1-24-15-5-9(2-3-11(15)20)4-12(21)16-8-14(23)18-13(22)6-10(19)7-17(18)25-16/h2-3,5-8,12,19-22H,4H2,1H3/t12-/m1/s1. The second kappa shape index (κ2) is 6.37. The summed E-state index contributed by atoms with van der Waals surface area (Å²) in [5.41, 5.74) is 0.0991. The highest BCUT2D eigenvalue weighted by atomic mass is 16.5. The third-order valence-corrected chi connectivity index (χ3v) is 3.82. The van der Waals surface area contributed by atoms with Crippen LogP contribution in [0.5, 0.6) is 23.0 Å². The summed E-state index contributed by atoms with van der Waals surface area (Å²) in [6, 6.07) is 7.94. The monoisotopic (exact) mass is 344 g/mol. The fraction of sp³-hybridized carbons (Fsp3) is 0.167. The first-order valence-electron chi connectivity index (χ1n) is 7.42. The van der Waals surface area contributed by atoms with Crippen molar-refractivity contribution in [3.63, 3.8) is 0 Å². The molecule has 1 atom stereocenters. The zero-order chi connectivity index (χ0) is 18.1. The van der Waals surface area contributed by atoms with Crippen molar-refractivity contribution >= 4 is 11.0 Å². The first kappa shape index (κ1) is 16.7. The number of aliphatic hydroxyl groups excluding tert-OH is 1. The molecule has 0 bridgehead atoms. The lowest BCUT2D eigenvalue weighted by Crippen LogP contribution is -2.08. The Morgan fingerprint density at radius 2 is 1.84 bits per heavy atom. The second-order valence-electron chi connectivity index (χ2n) is 5.58. The van der Waals surface area contributed by atoms with E-state index in [0.29, 0.717) is 5.56 Å². The van der Waals surface area contributed by atoms with E-state index in [-0.39, 0.29) is 40.4 Å². The van der Waals surface area contributed by atoms with Gasteiger partial charge in [0.05, 0.1) is 7.11 Å². The van der Waals surface area contributed by atoms with E-state index in [1.165, 1.54) is 19.2 Å². The summed E-state index contributed by atoms with van der Waals surface area (Å²) in [5, 5.41) is 39.2. The van der Waals surface area contributed by atoms with Crippen molar-refractivity contribution in [2.45, 2.75) is 12.5 Å². The summed E-state index contributed by atoms with van der Waals surface area (Å²) in [7, 11) is 1.41. The predicted molar refractivity (Wildman–Crippen MR) is 89.1 cm³/mol. The molecular weight excluding hydrogens is 328 g/mol. The zero-order valence-electron chi connectivity index (χ0n) is 13.3. The highest BCUT2D eigenvalue weighted by Gasteiger charge is 2.17. The molecule has 0 unspecified atom stereocenters. The minimum absolute atomic E-state index is 0.00505. The molecule has 1 aromatic heterocycles. The van der Waals surface area contributed by atoms with Crippen molar-refractivity contribution in [2.24, 2.45) is 0 Å². The van der Waals surface area contributed by atoms with Crippen molar-refractivity contribution in [1.29, 1.82) is 0 Å². The van der Waals surface area contributed by atoms with Crippen LogP contribution in [0.25, 0.3) is 11.0 Å². The summed E-state index contributed by atoms with van der Waals surface area (Å²) in [6.07, 6.45) is -1.04. The molecule has 0 aliphatic heterocycles. The lowest BCUT2D eigenvalue weighted by Gasteiger charge is -2.12. The Balaban J connectivity index is 1.97. The Labute approximate surface area is 142 Å². The molecule has 7 nitrogen and oxygen atoms in total. The Morgan fingerprint density at radius 1 is 1.08 bits per heavy atom. The molecule has 4 N–H and O–H groups in total. The Morgan fingerprint density at radius 3 is 2.56 bits per heavy atom. The molecule has 7 heteroatoms. The highest BCUT2D eigenvalue weighted by Crippen LogP contribution is 2.31. The van der Waals surface area contributed by atoms with Crippen LogP contribution >= 0.6 is 0 Å². The molecule has 3 aromatic rings. The maximum atomic E-state index is 12.2. The van der Waals surface area contributed by atoms with Gasteiger partial charge in [0.2, 0.25) is 0 Å².